The van der Waals surface area contributed by atoms with Crippen LogP contribution in [-0.4, -0.2) is 29.0 Å². The highest BCUT2D eigenvalue weighted by atomic mass is 16.6. The largest absolute Gasteiger partial charge is 0.444 e. The normalized spacial score (nSPS) is 15.7. The van der Waals surface area contributed by atoms with Crippen LogP contribution in [0.3, 0.4) is 0 Å². The molecular weight excluding hydrogens is 292 g/mol. The summed E-state index contributed by atoms with van der Waals surface area (Å²) < 4.78 is 5.22. The first-order chi connectivity index (χ1) is 10.8. The molecule has 5 heteroatoms. The van der Waals surface area contributed by atoms with Gasteiger partial charge in [0, 0.05) is 13.1 Å². The van der Waals surface area contributed by atoms with Gasteiger partial charge in [0.25, 0.3) is 5.91 Å². The van der Waals surface area contributed by atoms with Crippen molar-refractivity contribution >= 4 is 12.0 Å². The van der Waals surface area contributed by atoms with Crippen LogP contribution < -0.4 is 5.32 Å². The molecule has 1 aliphatic rings. The van der Waals surface area contributed by atoms with Crippen LogP contribution in [0.4, 0.5) is 4.79 Å². The summed E-state index contributed by atoms with van der Waals surface area (Å²) in [4.78, 5) is 26.3. The number of benzene rings is 1. The van der Waals surface area contributed by atoms with Crippen molar-refractivity contribution in [1.82, 2.24) is 10.2 Å². The summed E-state index contributed by atoms with van der Waals surface area (Å²) in [5.74, 6) is -0.169. The average molecular weight is 316 g/mol. The van der Waals surface area contributed by atoms with E-state index in [4.69, 9.17) is 4.74 Å². The number of rotatable bonds is 3. The molecule has 1 heterocycles. The van der Waals surface area contributed by atoms with Gasteiger partial charge in [0.05, 0.1) is 0 Å². The topological polar surface area (TPSA) is 58.6 Å². The summed E-state index contributed by atoms with van der Waals surface area (Å²) in [6.45, 7) is 6.57. The molecule has 1 aliphatic heterocycles. The lowest BCUT2D eigenvalue weighted by Gasteiger charge is -2.24. The van der Waals surface area contributed by atoms with Gasteiger partial charge in [0.15, 0.2) is 0 Å². The fourth-order valence-electron chi connectivity index (χ4n) is 2.36. The highest BCUT2D eigenvalue weighted by Crippen LogP contribution is 2.15. The van der Waals surface area contributed by atoms with Gasteiger partial charge < -0.3 is 9.64 Å². The lowest BCUT2D eigenvalue weighted by Crippen LogP contribution is -2.39. The number of ether oxygens (including phenoxy) is 1. The Morgan fingerprint density at radius 2 is 1.96 bits per heavy atom. The molecule has 0 saturated heterocycles. The molecule has 1 N–H and O–H groups in total. The molecule has 5 nitrogen and oxygen atoms in total. The number of nitrogens with zero attached hydrogens (tertiary/aromatic N) is 1. The zero-order valence-electron chi connectivity index (χ0n) is 14.0. The molecule has 0 bridgehead atoms. The number of carbonyl (C=O) groups is 2. The molecule has 1 aromatic carbocycles. The zero-order valence-corrected chi connectivity index (χ0v) is 14.0. The molecule has 0 saturated carbocycles. The van der Waals surface area contributed by atoms with E-state index in [1.165, 1.54) is 0 Å². The Labute approximate surface area is 137 Å². The predicted octanol–water partition coefficient (Wildman–Crippen LogP) is 3.22. The number of nitrogens with one attached hydrogen (secondary N) is 1. The smallest absolute Gasteiger partial charge is 0.412 e. The standard InChI is InChI=1S/C18H24N2O3/c1-18(2,3)23-17(22)19-15-11-7-8-12-20(16(15)21)13-14-9-5-4-6-10-14/h4-6,9-11H,7-8,12-13H2,1-3H3,(H,19,22). The van der Waals surface area contributed by atoms with Gasteiger partial charge in [0.2, 0.25) is 0 Å². The number of carbonyl (C=O) groups excluding carboxylic acids is 2. The van der Waals surface area contributed by atoms with Crippen molar-refractivity contribution in [1.29, 1.82) is 0 Å². The Kier molecular flexibility index (Phi) is 5.42. The highest BCUT2D eigenvalue weighted by Gasteiger charge is 2.24. The third-order valence-electron chi connectivity index (χ3n) is 3.35. The first kappa shape index (κ1) is 17.1. The molecule has 0 spiro atoms. The van der Waals surface area contributed by atoms with Gasteiger partial charge in [0.1, 0.15) is 11.3 Å². The maximum absolute atomic E-state index is 12.6. The molecule has 0 fully saturated rings. The summed E-state index contributed by atoms with van der Waals surface area (Å²) in [5.41, 5.74) is 0.773. The Morgan fingerprint density at radius 3 is 2.61 bits per heavy atom. The van der Waals surface area contributed by atoms with Crippen LogP contribution >= 0.6 is 0 Å². The van der Waals surface area contributed by atoms with Crippen LogP contribution in [0.1, 0.15) is 39.2 Å². The summed E-state index contributed by atoms with van der Waals surface area (Å²) in [6, 6.07) is 9.83. The van der Waals surface area contributed by atoms with E-state index in [0.717, 1.165) is 18.4 Å². The molecule has 1 aromatic rings. The third kappa shape index (κ3) is 5.43. The maximum Gasteiger partial charge on any atom is 0.412 e. The Balaban J connectivity index is 2.04. The fraction of sp³-hybridized carbons (Fsp3) is 0.444. The van der Waals surface area contributed by atoms with Gasteiger partial charge in [-0.1, -0.05) is 36.4 Å². The van der Waals surface area contributed by atoms with E-state index < -0.39 is 11.7 Å². The van der Waals surface area contributed by atoms with Crippen molar-refractivity contribution in [2.75, 3.05) is 6.54 Å². The Bertz CT molecular complexity index is 588. The SMILES string of the molecule is CC(C)(C)OC(=O)NC1=CCCCN(Cc2ccccc2)C1=O. The van der Waals surface area contributed by atoms with E-state index in [1.807, 2.05) is 30.3 Å². The highest BCUT2D eigenvalue weighted by molar-refractivity contribution is 5.96. The van der Waals surface area contributed by atoms with E-state index in [9.17, 15) is 9.59 Å². The summed E-state index contributed by atoms with van der Waals surface area (Å²) in [6.07, 6.45) is 2.80. The monoisotopic (exact) mass is 316 g/mol. The summed E-state index contributed by atoms with van der Waals surface area (Å²) in [5, 5.41) is 2.59. The van der Waals surface area contributed by atoms with Crippen LogP contribution in [0.2, 0.25) is 0 Å². The lowest BCUT2D eigenvalue weighted by atomic mass is 10.2. The van der Waals surface area contributed by atoms with Gasteiger partial charge in [-0.25, -0.2) is 4.79 Å². The molecule has 124 valence electrons. The Hall–Kier alpha value is -2.30. The van der Waals surface area contributed by atoms with Gasteiger partial charge in [-0.05, 0) is 39.2 Å². The van der Waals surface area contributed by atoms with Crippen molar-refractivity contribution in [2.24, 2.45) is 0 Å². The molecule has 0 aliphatic carbocycles. The average Bonchev–Trinajstić information content (AvgIpc) is 2.62. The first-order valence-corrected chi connectivity index (χ1v) is 7.88. The van der Waals surface area contributed by atoms with Gasteiger partial charge in [-0.15, -0.1) is 0 Å². The molecule has 2 amide bonds. The van der Waals surface area contributed by atoms with Crippen molar-refractivity contribution in [3.8, 4) is 0 Å². The van der Waals surface area contributed by atoms with E-state index in [2.05, 4.69) is 5.32 Å². The van der Waals surface area contributed by atoms with Crippen molar-refractivity contribution in [3.63, 3.8) is 0 Å². The van der Waals surface area contributed by atoms with Gasteiger partial charge >= 0.3 is 6.09 Å². The number of hydrogen-bond donors (Lipinski definition) is 1. The van der Waals surface area contributed by atoms with E-state index >= 15 is 0 Å². The molecular formula is C18H24N2O3. The quantitative estimate of drug-likeness (QED) is 0.931. The molecule has 0 radical (unpaired) electrons. The fourth-order valence-corrected chi connectivity index (χ4v) is 2.36. The van der Waals surface area contributed by atoms with E-state index in [1.54, 1.807) is 31.7 Å². The van der Waals surface area contributed by atoms with Crippen molar-refractivity contribution < 1.29 is 14.3 Å². The number of amides is 2. The number of allylic oxidation sites excluding steroid dienone is 1. The number of alkyl carbamates (subject to hydrolysis) is 1. The van der Waals surface area contributed by atoms with Crippen LogP contribution in [-0.2, 0) is 16.1 Å². The minimum atomic E-state index is -0.598. The van der Waals surface area contributed by atoms with E-state index in [-0.39, 0.29) is 5.91 Å². The second-order valence-electron chi connectivity index (χ2n) is 6.60. The van der Waals surface area contributed by atoms with Crippen LogP contribution in [0.25, 0.3) is 0 Å². The molecule has 23 heavy (non-hydrogen) atoms. The van der Waals surface area contributed by atoms with Crippen LogP contribution in [0.5, 0.6) is 0 Å². The van der Waals surface area contributed by atoms with E-state index in [0.29, 0.717) is 18.8 Å². The minimum Gasteiger partial charge on any atom is -0.444 e. The predicted molar refractivity (Wildman–Crippen MR) is 88.5 cm³/mol. The second kappa shape index (κ2) is 7.31. The minimum absolute atomic E-state index is 0.169. The zero-order chi connectivity index (χ0) is 16.9. The third-order valence-corrected chi connectivity index (χ3v) is 3.35. The number of hydrogen-bond acceptors (Lipinski definition) is 3. The van der Waals surface area contributed by atoms with Gasteiger partial charge in [-0.2, -0.15) is 0 Å². The van der Waals surface area contributed by atoms with Gasteiger partial charge in [-0.3, -0.25) is 10.1 Å². The maximum atomic E-state index is 12.6. The summed E-state index contributed by atoms with van der Waals surface area (Å²) >= 11 is 0. The molecule has 0 aromatic heterocycles. The Morgan fingerprint density at radius 1 is 1.26 bits per heavy atom. The molecule has 0 unspecified atom stereocenters. The lowest BCUT2D eigenvalue weighted by molar-refractivity contribution is -0.128. The van der Waals surface area contributed by atoms with Crippen molar-refractivity contribution in [2.45, 2.75) is 45.8 Å². The van der Waals surface area contributed by atoms with Crippen molar-refractivity contribution in [3.05, 3.63) is 47.7 Å². The van der Waals surface area contributed by atoms with Crippen LogP contribution in [0, 0.1) is 0 Å². The molecule has 2 rings (SSSR count). The van der Waals surface area contributed by atoms with Crippen LogP contribution in [0.15, 0.2) is 42.1 Å². The second-order valence-corrected chi connectivity index (χ2v) is 6.60. The first-order valence-electron chi connectivity index (χ1n) is 7.88. The summed E-state index contributed by atoms with van der Waals surface area (Å²) in [7, 11) is 0. The molecule has 0 atom stereocenters.